The molecule has 0 N–H and O–H groups in total. The highest BCUT2D eigenvalue weighted by Crippen LogP contribution is 2.47. The summed E-state index contributed by atoms with van der Waals surface area (Å²) < 4.78 is 176. The summed E-state index contributed by atoms with van der Waals surface area (Å²) in [5.74, 6) is 1.14. The average molecular weight is 1130 g/mol. The first-order chi connectivity index (χ1) is 39.7. The molecule has 0 unspecified atom stereocenters. The minimum atomic E-state index is -5.32. The van der Waals surface area contributed by atoms with Crippen molar-refractivity contribution in [2.75, 3.05) is 0 Å². The Labute approximate surface area is 462 Å². The number of halogens is 12. The van der Waals surface area contributed by atoms with Crippen molar-refractivity contribution < 1.29 is 52.7 Å². The summed E-state index contributed by atoms with van der Waals surface area (Å²) in [6, 6.07) is 51.5. The molecule has 0 radical (unpaired) electrons. The number of alkyl halides is 12. The number of fused-ring (bicyclic) bond motifs is 3. The third kappa shape index (κ3) is 10.4. The van der Waals surface area contributed by atoms with E-state index in [4.69, 9.17) is 29.9 Å². The number of para-hydroxylation sites is 1. The Hall–Kier alpha value is -10.0. The average Bonchev–Trinajstić information content (AvgIpc) is 1.91. The van der Waals surface area contributed by atoms with Crippen molar-refractivity contribution in [3.63, 3.8) is 0 Å². The Kier molecular flexibility index (Phi) is 13.2. The van der Waals surface area contributed by atoms with E-state index in [0.717, 1.165) is 0 Å². The fraction of sp³-hybridized carbons (Fsp3) is 0.0625. The first-order valence-electron chi connectivity index (χ1n) is 25.2. The van der Waals surface area contributed by atoms with E-state index in [1.54, 1.807) is 120 Å². The van der Waals surface area contributed by atoms with E-state index < -0.39 is 58.1 Å². The molecule has 0 bridgehead atoms. The third-order valence-electron chi connectivity index (χ3n) is 13.8. The van der Waals surface area contributed by atoms with Crippen molar-refractivity contribution >= 4 is 21.8 Å². The minimum Gasteiger partial charge on any atom is -0.308 e. The van der Waals surface area contributed by atoms with E-state index >= 15 is 0 Å². The molecule has 0 amide bonds. The van der Waals surface area contributed by atoms with Crippen LogP contribution < -0.4 is 0 Å². The molecule has 0 fully saturated rings. The summed E-state index contributed by atoms with van der Waals surface area (Å²) >= 11 is 0. The lowest BCUT2D eigenvalue weighted by Gasteiger charge is -2.19. The van der Waals surface area contributed by atoms with Crippen molar-refractivity contribution in [3.05, 3.63) is 235 Å². The van der Waals surface area contributed by atoms with Gasteiger partial charge in [-0.05, 0) is 82.9 Å². The maximum absolute atomic E-state index is 15.0. The number of aromatic nitrogens is 7. The van der Waals surface area contributed by atoms with Crippen LogP contribution in [0.1, 0.15) is 22.3 Å². The summed E-state index contributed by atoms with van der Waals surface area (Å²) in [6.07, 6.45) is -21.0. The monoisotopic (exact) mass is 1130 g/mol. The highest BCUT2D eigenvalue weighted by atomic mass is 19.4. The first kappa shape index (κ1) is 53.6. The van der Waals surface area contributed by atoms with Crippen LogP contribution in [0, 0.1) is 0 Å². The van der Waals surface area contributed by atoms with Gasteiger partial charge in [0.1, 0.15) is 0 Å². The quantitative estimate of drug-likeness (QED) is 0.134. The van der Waals surface area contributed by atoms with Gasteiger partial charge < -0.3 is 4.57 Å². The van der Waals surface area contributed by atoms with Crippen molar-refractivity contribution in [3.8, 4) is 96.3 Å². The van der Waals surface area contributed by atoms with E-state index in [9.17, 15) is 52.7 Å². The zero-order valence-electron chi connectivity index (χ0n) is 42.4. The third-order valence-corrected chi connectivity index (χ3v) is 13.8. The molecule has 3 heterocycles. The van der Waals surface area contributed by atoms with Gasteiger partial charge in [0.15, 0.2) is 34.9 Å². The van der Waals surface area contributed by atoms with Crippen LogP contribution in [0.2, 0.25) is 0 Å². The van der Waals surface area contributed by atoms with Gasteiger partial charge in [0.05, 0.1) is 39.0 Å². The van der Waals surface area contributed by atoms with E-state index in [1.165, 1.54) is 36.4 Å². The van der Waals surface area contributed by atoms with Gasteiger partial charge >= 0.3 is 24.7 Å². The Balaban J connectivity index is 1.22. The Morgan fingerprint density at radius 1 is 0.253 bits per heavy atom. The number of hydrogen-bond donors (Lipinski definition) is 0. The number of rotatable bonds is 9. The summed E-state index contributed by atoms with van der Waals surface area (Å²) in [7, 11) is 0. The van der Waals surface area contributed by atoms with Crippen LogP contribution >= 0.6 is 0 Å². The normalized spacial score (nSPS) is 12.3. The predicted octanol–water partition coefficient (Wildman–Crippen LogP) is 18.6. The molecule has 410 valence electrons. The molecule has 9 aromatic carbocycles. The SMILES string of the molecule is FC(F)(F)c1ccc(-c2ccc3c(c2)c2cc(-c4ccc(C(F)(F)F)cc4C(F)(F)F)ccc2n3-c2c(-c3nc(-c4ccccc4)nc(-c4ccccc4)n3)cccc2-c2nc(-c3ccccc3)nc(-c3ccccc3)n2)c(C(F)(F)F)c1. The minimum absolute atomic E-state index is 0.00302. The topological polar surface area (TPSA) is 82.3 Å². The Morgan fingerprint density at radius 3 is 0.867 bits per heavy atom. The molecule has 0 spiro atoms. The fourth-order valence-corrected chi connectivity index (χ4v) is 10.0. The molecule has 0 aliphatic heterocycles. The maximum atomic E-state index is 15.0. The van der Waals surface area contributed by atoms with E-state index in [-0.39, 0.29) is 96.8 Å². The van der Waals surface area contributed by atoms with Crippen molar-refractivity contribution in [1.82, 2.24) is 34.5 Å². The maximum Gasteiger partial charge on any atom is 0.417 e. The molecule has 0 aliphatic rings. The van der Waals surface area contributed by atoms with Crippen LogP contribution in [0.15, 0.2) is 212 Å². The lowest BCUT2D eigenvalue weighted by Crippen LogP contribution is -2.12. The predicted molar refractivity (Wildman–Crippen MR) is 291 cm³/mol. The van der Waals surface area contributed by atoms with Gasteiger partial charge in [0.25, 0.3) is 0 Å². The van der Waals surface area contributed by atoms with Crippen LogP contribution in [0.5, 0.6) is 0 Å². The molecule has 0 saturated carbocycles. The Bertz CT molecular complexity index is 4040. The van der Waals surface area contributed by atoms with Gasteiger partial charge in [-0.15, -0.1) is 0 Å². The summed E-state index contributed by atoms with van der Waals surface area (Å²) in [5, 5.41) is 0.120. The highest BCUT2D eigenvalue weighted by Gasteiger charge is 2.40. The molecule has 0 saturated heterocycles. The van der Waals surface area contributed by atoms with Crippen LogP contribution in [-0.2, 0) is 24.7 Å². The van der Waals surface area contributed by atoms with Crippen molar-refractivity contribution in [1.29, 1.82) is 0 Å². The van der Waals surface area contributed by atoms with E-state index in [2.05, 4.69) is 0 Å². The standard InChI is InChI=1S/C64H35F12N7/c65-61(66,67)42-26-28-44(50(34-42)63(71,72)73)40-24-30-52-48(32-40)49-33-41(45-29-27-43(62(68,69)70)35-51(45)64(74,75)76)25-31-53(49)83(52)54-46(59-79-55(36-14-5-1-6-15-36)77-56(80-59)37-16-7-2-8-17-37)22-13-23-47(54)60-81-57(38-18-9-3-10-19-38)78-58(82-60)39-20-11-4-12-21-39/h1-35H. The van der Waals surface area contributed by atoms with Crippen molar-refractivity contribution in [2.45, 2.75) is 24.7 Å². The van der Waals surface area contributed by atoms with E-state index in [0.29, 0.717) is 46.5 Å². The smallest absolute Gasteiger partial charge is 0.308 e. The van der Waals surface area contributed by atoms with Crippen molar-refractivity contribution in [2.24, 2.45) is 0 Å². The molecule has 0 atom stereocenters. The zero-order chi connectivity index (χ0) is 58.0. The molecule has 0 aliphatic carbocycles. The summed E-state index contributed by atoms with van der Waals surface area (Å²) in [4.78, 5) is 30.0. The van der Waals surface area contributed by atoms with Gasteiger partial charge in [-0.3, -0.25) is 0 Å². The second-order valence-corrected chi connectivity index (χ2v) is 19.1. The fourth-order valence-electron chi connectivity index (χ4n) is 10.0. The number of nitrogens with zero attached hydrogens (tertiary/aromatic N) is 7. The molecule has 7 nitrogen and oxygen atoms in total. The molecule has 12 rings (SSSR count). The summed E-state index contributed by atoms with van der Waals surface area (Å²) in [5.41, 5.74) is -4.64. The van der Waals surface area contributed by atoms with Crippen LogP contribution in [0.4, 0.5) is 52.7 Å². The van der Waals surface area contributed by atoms with Gasteiger partial charge in [0, 0.05) is 44.2 Å². The zero-order valence-corrected chi connectivity index (χ0v) is 42.4. The molecular formula is C64H35F12N7. The molecule has 19 heteroatoms. The largest absolute Gasteiger partial charge is 0.417 e. The molecule has 83 heavy (non-hydrogen) atoms. The van der Waals surface area contributed by atoms with Gasteiger partial charge in [-0.25, -0.2) is 29.9 Å². The van der Waals surface area contributed by atoms with Crippen LogP contribution in [-0.4, -0.2) is 34.5 Å². The lowest BCUT2D eigenvalue weighted by molar-refractivity contribution is -0.144. The number of benzene rings is 9. The second-order valence-electron chi connectivity index (χ2n) is 19.1. The Morgan fingerprint density at radius 2 is 0.566 bits per heavy atom. The number of hydrogen-bond acceptors (Lipinski definition) is 6. The lowest BCUT2D eigenvalue weighted by atomic mass is 9.94. The highest BCUT2D eigenvalue weighted by molar-refractivity contribution is 6.13. The van der Waals surface area contributed by atoms with Gasteiger partial charge in [-0.1, -0.05) is 152 Å². The van der Waals surface area contributed by atoms with Gasteiger partial charge in [-0.2, -0.15) is 52.7 Å². The summed E-state index contributed by atoms with van der Waals surface area (Å²) in [6.45, 7) is 0. The molecular weight excluding hydrogens is 1090 g/mol. The molecule has 12 aromatic rings. The van der Waals surface area contributed by atoms with E-state index in [1.807, 2.05) is 24.3 Å². The van der Waals surface area contributed by atoms with Crippen LogP contribution in [0.25, 0.3) is 118 Å². The van der Waals surface area contributed by atoms with Gasteiger partial charge in [0.2, 0.25) is 0 Å². The second kappa shape index (κ2) is 20.5. The first-order valence-corrected chi connectivity index (χ1v) is 25.2. The van der Waals surface area contributed by atoms with Crippen LogP contribution in [0.3, 0.4) is 0 Å². The molecule has 3 aromatic heterocycles.